The average molecular weight is 265 g/mol. The first kappa shape index (κ1) is 13.9. The Morgan fingerprint density at radius 3 is 2.68 bits per heavy atom. The molecule has 1 aliphatic carbocycles. The molecule has 3 rings (SSSR count). The summed E-state index contributed by atoms with van der Waals surface area (Å²) in [5.41, 5.74) is 0. The normalized spacial score (nSPS) is 43.6. The van der Waals surface area contributed by atoms with Crippen molar-refractivity contribution in [3.8, 4) is 0 Å². The highest BCUT2D eigenvalue weighted by Crippen LogP contribution is 2.44. The third kappa shape index (κ3) is 3.00. The van der Waals surface area contributed by atoms with Crippen LogP contribution in [0.15, 0.2) is 0 Å². The molecule has 2 saturated heterocycles. The van der Waals surface area contributed by atoms with Gasteiger partial charge in [-0.3, -0.25) is 0 Å². The fourth-order valence-electron chi connectivity index (χ4n) is 4.84. The largest absolute Gasteiger partial charge is 0.375 e. The van der Waals surface area contributed by atoms with E-state index < -0.39 is 0 Å². The van der Waals surface area contributed by atoms with Crippen LogP contribution in [-0.4, -0.2) is 24.8 Å². The van der Waals surface area contributed by atoms with Gasteiger partial charge in [0.2, 0.25) is 0 Å². The lowest BCUT2D eigenvalue weighted by Crippen LogP contribution is -2.47. The highest BCUT2D eigenvalue weighted by atomic mass is 16.5. The Morgan fingerprint density at radius 2 is 2.05 bits per heavy atom. The van der Waals surface area contributed by atoms with E-state index in [9.17, 15) is 0 Å². The van der Waals surface area contributed by atoms with Crippen molar-refractivity contribution in [3.63, 3.8) is 0 Å². The summed E-state index contributed by atoms with van der Waals surface area (Å²) in [4.78, 5) is 0. The van der Waals surface area contributed by atoms with Crippen LogP contribution < -0.4 is 5.32 Å². The van der Waals surface area contributed by atoms with Gasteiger partial charge in [0.1, 0.15) is 0 Å². The summed E-state index contributed by atoms with van der Waals surface area (Å²) < 4.78 is 6.12. The van der Waals surface area contributed by atoms with Crippen molar-refractivity contribution in [2.24, 2.45) is 17.8 Å². The molecule has 0 aromatic rings. The fraction of sp³-hybridized carbons (Fsp3) is 1.00. The standard InChI is InChI=1S/C17H31NO/c1-3-9-18-17(13-6-4-5-12(2)10-13)15-11-14-7-8-16(15)19-14/h12-18H,3-11H2,1-2H3. The number of hydrogen-bond acceptors (Lipinski definition) is 2. The van der Waals surface area contributed by atoms with Crippen LogP contribution in [0.4, 0.5) is 0 Å². The van der Waals surface area contributed by atoms with Crippen molar-refractivity contribution in [1.82, 2.24) is 5.32 Å². The topological polar surface area (TPSA) is 21.3 Å². The zero-order valence-electron chi connectivity index (χ0n) is 12.7. The molecular weight excluding hydrogens is 234 g/mol. The maximum Gasteiger partial charge on any atom is 0.0623 e. The minimum atomic E-state index is 0.580. The lowest BCUT2D eigenvalue weighted by atomic mass is 9.71. The van der Waals surface area contributed by atoms with Crippen LogP contribution in [0, 0.1) is 17.8 Å². The van der Waals surface area contributed by atoms with E-state index in [0.717, 1.165) is 23.8 Å². The van der Waals surface area contributed by atoms with E-state index in [1.807, 2.05) is 0 Å². The van der Waals surface area contributed by atoms with Crippen molar-refractivity contribution in [2.75, 3.05) is 6.54 Å². The predicted molar refractivity (Wildman–Crippen MR) is 79.2 cm³/mol. The van der Waals surface area contributed by atoms with Crippen molar-refractivity contribution in [1.29, 1.82) is 0 Å². The molecule has 3 aliphatic rings. The van der Waals surface area contributed by atoms with Crippen molar-refractivity contribution >= 4 is 0 Å². The second kappa shape index (κ2) is 6.13. The summed E-state index contributed by atoms with van der Waals surface area (Å²) in [7, 11) is 0. The van der Waals surface area contributed by atoms with E-state index in [4.69, 9.17) is 4.74 Å². The van der Waals surface area contributed by atoms with E-state index in [0.29, 0.717) is 12.2 Å². The third-order valence-electron chi connectivity index (χ3n) is 5.73. The molecule has 2 heteroatoms. The third-order valence-corrected chi connectivity index (χ3v) is 5.73. The number of fused-ring (bicyclic) bond motifs is 2. The molecule has 0 spiro atoms. The van der Waals surface area contributed by atoms with Gasteiger partial charge in [0.15, 0.2) is 0 Å². The molecule has 110 valence electrons. The van der Waals surface area contributed by atoms with Gasteiger partial charge >= 0.3 is 0 Å². The molecular formula is C17H31NO. The monoisotopic (exact) mass is 265 g/mol. The second-order valence-corrected chi connectivity index (χ2v) is 7.29. The van der Waals surface area contributed by atoms with Crippen molar-refractivity contribution in [3.05, 3.63) is 0 Å². The molecule has 6 unspecified atom stereocenters. The molecule has 3 fully saturated rings. The molecule has 2 nitrogen and oxygen atoms in total. The fourth-order valence-corrected chi connectivity index (χ4v) is 4.84. The maximum atomic E-state index is 6.12. The first-order chi connectivity index (χ1) is 9.28. The van der Waals surface area contributed by atoms with Crippen LogP contribution in [0.2, 0.25) is 0 Å². The average Bonchev–Trinajstić information content (AvgIpc) is 3.02. The second-order valence-electron chi connectivity index (χ2n) is 7.29. The summed E-state index contributed by atoms with van der Waals surface area (Å²) in [5, 5.41) is 3.91. The van der Waals surface area contributed by atoms with E-state index in [1.54, 1.807) is 0 Å². The van der Waals surface area contributed by atoms with Gasteiger partial charge in [-0.05, 0) is 56.9 Å². The van der Waals surface area contributed by atoms with E-state index in [1.165, 1.54) is 57.9 Å². The Morgan fingerprint density at radius 1 is 1.16 bits per heavy atom. The van der Waals surface area contributed by atoms with Crippen LogP contribution in [0.25, 0.3) is 0 Å². The molecule has 19 heavy (non-hydrogen) atoms. The van der Waals surface area contributed by atoms with Crippen LogP contribution in [0.1, 0.15) is 65.2 Å². The van der Waals surface area contributed by atoms with Crippen molar-refractivity contribution < 1.29 is 4.74 Å². The van der Waals surface area contributed by atoms with Crippen molar-refractivity contribution in [2.45, 2.75) is 83.5 Å². The van der Waals surface area contributed by atoms with Crippen LogP contribution >= 0.6 is 0 Å². The Balaban J connectivity index is 1.66. The highest BCUT2D eigenvalue weighted by molar-refractivity contribution is 4.98. The van der Waals surface area contributed by atoms with Crippen LogP contribution in [0.3, 0.4) is 0 Å². The summed E-state index contributed by atoms with van der Waals surface area (Å²) >= 11 is 0. The Labute approximate surface area is 118 Å². The SMILES string of the molecule is CCCNC(C1CCCC(C)C1)C1CC2CCC1O2. The molecule has 0 aromatic heterocycles. The maximum absolute atomic E-state index is 6.12. The Bertz CT molecular complexity index is 293. The molecule has 0 radical (unpaired) electrons. The van der Waals surface area contributed by atoms with Gasteiger partial charge in [0.05, 0.1) is 12.2 Å². The molecule has 0 aromatic carbocycles. The number of ether oxygens (including phenoxy) is 1. The Kier molecular flexibility index (Phi) is 4.48. The molecule has 1 N–H and O–H groups in total. The number of rotatable bonds is 5. The number of nitrogens with one attached hydrogen (secondary N) is 1. The molecule has 1 saturated carbocycles. The Hall–Kier alpha value is -0.0800. The zero-order chi connectivity index (χ0) is 13.2. The lowest BCUT2D eigenvalue weighted by molar-refractivity contribution is 0.0728. The van der Waals surface area contributed by atoms with E-state index in [2.05, 4.69) is 19.2 Å². The van der Waals surface area contributed by atoms with Gasteiger partial charge in [0, 0.05) is 12.0 Å². The smallest absolute Gasteiger partial charge is 0.0623 e. The zero-order valence-corrected chi connectivity index (χ0v) is 12.7. The van der Waals surface area contributed by atoms with Crippen LogP contribution in [0.5, 0.6) is 0 Å². The van der Waals surface area contributed by atoms with E-state index >= 15 is 0 Å². The lowest BCUT2D eigenvalue weighted by Gasteiger charge is -2.39. The number of hydrogen-bond donors (Lipinski definition) is 1. The van der Waals surface area contributed by atoms with Gasteiger partial charge in [-0.2, -0.15) is 0 Å². The molecule has 6 atom stereocenters. The summed E-state index contributed by atoms with van der Waals surface area (Å²) in [6.07, 6.45) is 12.2. The minimum absolute atomic E-state index is 0.580. The summed E-state index contributed by atoms with van der Waals surface area (Å²) in [6, 6.07) is 0.734. The van der Waals surface area contributed by atoms with Gasteiger partial charge < -0.3 is 10.1 Å². The molecule has 2 heterocycles. The van der Waals surface area contributed by atoms with Gasteiger partial charge in [-0.15, -0.1) is 0 Å². The van der Waals surface area contributed by atoms with Gasteiger partial charge in [-0.25, -0.2) is 0 Å². The highest BCUT2D eigenvalue weighted by Gasteiger charge is 2.46. The van der Waals surface area contributed by atoms with Crippen LogP contribution in [-0.2, 0) is 4.74 Å². The van der Waals surface area contributed by atoms with Gasteiger partial charge in [0.25, 0.3) is 0 Å². The summed E-state index contributed by atoms with van der Waals surface area (Å²) in [6.45, 7) is 5.91. The molecule has 2 aliphatic heterocycles. The summed E-state index contributed by atoms with van der Waals surface area (Å²) in [5.74, 6) is 2.65. The first-order valence-corrected chi connectivity index (χ1v) is 8.66. The van der Waals surface area contributed by atoms with E-state index in [-0.39, 0.29) is 0 Å². The first-order valence-electron chi connectivity index (χ1n) is 8.66. The predicted octanol–water partition coefficient (Wildman–Crippen LogP) is 3.75. The molecule has 0 amide bonds. The van der Waals surface area contributed by atoms with Gasteiger partial charge in [-0.1, -0.05) is 26.7 Å². The quantitative estimate of drug-likeness (QED) is 0.817. The minimum Gasteiger partial charge on any atom is -0.375 e. The molecule has 2 bridgehead atoms.